The topological polar surface area (TPSA) is 42.0 Å². The van der Waals surface area contributed by atoms with Crippen molar-refractivity contribution in [2.75, 3.05) is 6.54 Å². The van der Waals surface area contributed by atoms with E-state index in [9.17, 15) is 13.6 Å². The van der Waals surface area contributed by atoms with Crippen LogP contribution in [0.25, 0.3) is 9.88 Å². The Hall–Kier alpha value is -2.12. The van der Waals surface area contributed by atoms with Gasteiger partial charge >= 0.3 is 0 Å². The summed E-state index contributed by atoms with van der Waals surface area (Å²) < 4.78 is 26.2. The van der Waals surface area contributed by atoms with Crippen molar-refractivity contribution in [1.82, 2.24) is 10.3 Å². The van der Waals surface area contributed by atoms with Crippen LogP contribution in [0.4, 0.5) is 8.78 Å². The summed E-state index contributed by atoms with van der Waals surface area (Å²) in [6, 6.07) is 7.22. The Bertz CT molecular complexity index is 795. The summed E-state index contributed by atoms with van der Waals surface area (Å²) in [7, 11) is 0. The minimum absolute atomic E-state index is 0.234. The second-order valence-corrected chi connectivity index (χ2v) is 6.77. The predicted molar refractivity (Wildman–Crippen MR) is 87.8 cm³/mol. The van der Waals surface area contributed by atoms with E-state index in [1.54, 1.807) is 11.3 Å². The molecule has 1 amide bonds. The number of rotatable bonds is 5. The molecule has 0 bridgehead atoms. The SMILES string of the molecule is O=C(NCCc1cc(F)cc(F)c1)c1cnc(-c2cccs2)s1. The largest absolute Gasteiger partial charge is 0.351 e. The van der Waals surface area contributed by atoms with Gasteiger partial charge in [-0.1, -0.05) is 6.07 Å². The van der Waals surface area contributed by atoms with Crippen molar-refractivity contribution in [3.63, 3.8) is 0 Å². The molecule has 3 nitrogen and oxygen atoms in total. The van der Waals surface area contributed by atoms with Crippen molar-refractivity contribution < 1.29 is 13.6 Å². The molecular weight excluding hydrogens is 338 g/mol. The Morgan fingerprint density at radius 3 is 2.70 bits per heavy atom. The van der Waals surface area contributed by atoms with Gasteiger partial charge < -0.3 is 5.32 Å². The van der Waals surface area contributed by atoms with Gasteiger partial charge in [-0.05, 0) is 35.6 Å². The Morgan fingerprint density at radius 2 is 2.00 bits per heavy atom. The van der Waals surface area contributed by atoms with Gasteiger partial charge in [-0.3, -0.25) is 4.79 Å². The Kier molecular flexibility index (Phi) is 4.78. The van der Waals surface area contributed by atoms with Gasteiger partial charge in [-0.25, -0.2) is 13.8 Å². The van der Waals surface area contributed by atoms with Crippen molar-refractivity contribution in [3.05, 3.63) is 64.0 Å². The maximum absolute atomic E-state index is 13.1. The van der Waals surface area contributed by atoms with E-state index in [1.165, 1.54) is 29.7 Å². The third-order valence-electron chi connectivity index (χ3n) is 3.08. The molecule has 3 aromatic rings. The van der Waals surface area contributed by atoms with Crippen molar-refractivity contribution in [1.29, 1.82) is 0 Å². The molecule has 0 spiro atoms. The number of aromatic nitrogens is 1. The number of carbonyl (C=O) groups is 1. The zero-order chi connectivity index (χ0) is 16.2. The number of nitrogens with zero attached hydrogens (tertiary/aromatic N) is 1. The molecule has 3 rings (SSSR count). The first-order valence-electron chi connectivity index (χ1n) is 6.85. The van der Waals surface area contributed by atoms with Crippen LogP contribution >= 0.6 is 22.7 Å². The minimum atomic E-state index is -0.616. The molecule has 1 N–H and O–H groups in total. The van der Waals surface area contributed by atoms with E-state index in [2.05, 4.69) is 10.3 Å². The van der Waals surface area contributed by atoms with E-state index in [4.69, 9.17) is 0 Å². The summed E-state index contributed by atoms with van der Waals surface area (Å²) in [5.41, 5.74) is 0.506. The predicted octanol–water partition coefficient (Wildman–Crippen LogP) is 4.12. The minimum Gasteiger partial charge on any atom is -0.351 e. The number of benzene rings is 1. The van der Waals surface area contributed by atoms with Gasteiger partial charge in [0.05, 0.1) is 11.1 Å². The Morgan fingerprint density at radius 1 is 1.22 bits per heavy atom. The highest BCUT2D eigenvalue weighted by Gasteiger charge is 2.12. The van der Waals surface area contributed by atoms with Gasteiger partial charge in [0, 0.05) is 12.6 Å². The Labute approximate surface area is 139 Å². The van der Waals surface area contributed by atoms with Gasteiger partial charge in [0.15, 0.2) is 0 Å². The number of hydrogen-bond donors (Lipinski definition) is 1. The number of halogens is 2. The highest BCUT2D eigenvalue weighted by molar-refractivity contribution is 7.21. The number of thiazole rings is 1. The van der Waals surface area contributed by atoms with Crippen LogP contribution in [0.5, 0.6) is 0 Å². The van der Waals surface area contributed by atoms with Crippen LogP contribution in [0.1, 0.15) is 15.2 Å². The molecule has 0 fully saturated rings. The van der Waals surface area contributed by atoms with Gasteiger partial charge in [-0.2, -0.15) is 0 Å². The summed E-state index contributed by atoms with van der Waals surface area (Å²) in [6.45, 7) is 0.300. The first-order chi connectivity index (χ1) is 11.1. The van der Waals surface area contributed by atoms with Gasteiger partial charge in [-0.15, -0.1) is 22.7 Å². The third kappa shape index (κ3) is 4.00. The molecule has 23 heavy (non-hydrogen) atoms. The first-order valence-corrected chi connectivity index (χ1v) is 8.54. The fourth-order valence-electron chi connectivity index (χ4n) is 2.06. The van der Waals surface area contributed by atoms with E-state index in [0.29, 0.717) is 23.4 Å². The van der Waals surface area contributed by atoms with Crippen molar-refractivity contribution in [2.45, 2.75) is 6.42 Å². The maximum Gasteiger partial charge on any atom is 0.263 e. The lowest BCUT2D eigenvalue weighted by Gasteiger charge is -2.04. The molecule has 0 aliphatic carbocycles. The number of nitrogens with one attached hydrogen (secondary N) is 1. The number of amides is 1. The fourth-order valence-corrected chi connectivity index (χ4v) is 3.69. The lowest BCUT2D eigenvalue weighted by molar-refractivity contribution is 0.0958. The van der Waals surface area contributed by atoms with E-state index in [-0.39, 0.29) is 5.91 Å². The zero-order valence-corrected chi connectivity index (χ0v) is 13.5. The molecule has 1 aromatic carbocycles. The van der Waals surface area contributed by atoms with Gasteiger partial charge in [0.2, 0.25) is 0 Å². The van der Waals surface area contributed by atoms with E-state index < -0.39 is 11.6 Å². The van der Waals surface area contributed by atoms with Crippen LogP contribution in [0.2, 0.25) is 0 Å². The zero-order valence-electron chi connectivity index (χ0n) is 11.9. The first kappa shape index (κ1) is 15.8. The second kappa shape index (κ2) is 6.97. The molecule has 7 heteroatoms. The van der Waals surface area contributed by atoms with Crippen LogP contribution in [0.15, 0.2) is 41.9 Å². The summed E-state index contributed by atoms with van der Waals surface area (Å²) in [5, 5.41) is 5.49. The molecule has 118 valence electrons. The molecule has 0 saturated heterocycles. The summed E-state index contributed by atoms with van der Waals surface area (Å²) >= 11 is 2.88. The molecule has 0 unspecified atom stereocenters. The highest BCUT2D eigenvalue weighted by atomic mass is 32.1. The summed E-state index contributed by atoms with van der Waals surface area (Å²) in [4.78, 5) is 17.8. The molecule has 2 heterocycles. The standard InChI is InChI=1S/C16H12F2N2OS2/c17-11-6-10(7-12(18)8-11)3-4-19-15(21)14-9-20-16(23-14)13-2-1-5-22-13/h1-2,5-9H,3-4H2,(H,19,21). The average molecular weight is 350 g/mol. The molecule has 0 saturated carbocycles. The molecule has 0 radical (unpaired) electrons. The van der Waals surface area contributed by atoms with E-state index in [1.807, 2.05) is 17.5 Å². The van der Waals surface area contributed by atoms with Crippen LogP contribution in [0.3, 0.4) is 0 Å². The average Bonchev–Trinajstić information content (AvgIpc) is 3.17. The van der Waals surface area contributed by atoms with Gasteiger partial charge in [0.1, 0.15) is 21.5 Å². The van der Waals surface area contributed by atoms with Crippen molar-refractivity contribution >= 4 is 28.6 Å². The molecular formula is C16H12F2N2OS2. The normalized spacial score (nSPS) is 10.7. The molecule has 0 aliphatic rings. The van der Waals surface area contributed by atoms with Gasteiger partial charge in [0.25, 0.3) is 5.91 Å². The monoisotopic (exact) mass is 350 g/mol. The molecule has 0 atom stereocenters. The lowest BCUT2D eigenvalue weighted by Crippen LogP contribution is -2.24. The number of carbonyl (C=O) groups excluding carboxylic acids is 1. The second-order valence-electron chi connectivity index (χ2n) is 4.79. The molecule has 0 aliphatic heterocycles. The fraction of sp³-hybridized carbons (Fsp3) is 0.125. The summed E-state index contributed by atoms with van der Waals surface area (Å²) in [6.07, 6.45) is 1.90. The smallest absolute Gasteiger partial charge is 0.263 e. The molecule has 2 aromatic heterocycles. The van der Waals surface area contributed by atoms with E-state index in [0.717, 1.165) is 16.0 Å². The maximum atomic E-state index is 13.1. The summed E-state index contributed by atoms with van der Waals surface area (Å²) in [5.74, 6) is -1.47. The quantitative estimate of drug-likeness (QED) is 0.752. The van der Waals surface area contributed by atoms with Crippen LogP contribution < -0.4 is 5.32 Å². The van der Waals surface area contributed by atoms with E-state index >= 15 is 0 Å². The number of thiophene rings is 1. The highest BCUT2D eigenvalue weighted by Crippen LogP contribution is 2.28. The van der Waals surface area contributed by atoms with Crippen LogP contribution in [-0.2, 0) is 6.42 Å². The third-order valence-corrected chi connectivity index (χ3v) is 5.12. The van der Waals surface area contributed by atoms with Crippen molar-refractivity contribution in [3.8, 4) is 9.88 Å². The van der Waals surface area contributed by atoms with Crippen molar-refractivity contribution in [2.24, 2.45) is 0 Å². The number of hydrogen-bond acceptors (Lipinski definition) is 4. The van der Waals surface area contributed by atoms with Crippen LogP contribution in [0, 0.1) is 11.6 Å². The van der Waals surface area contributed by atoms with Crippen LogP contribution in [-0.4, -0.2) is 17.4 Å². The Balaban J connectivity index is 1.57. The lowest BCUT2D eigenvalue weighted by atomic mass is 10.1.